The fourth-order valence-electron chi connectivity index (χ4n) is 4.05. The van der Waals surface area contributed by atoms with Crippen molar-refractivity contribution in [3.8, 4) is 5.75 Å². The number of nitrogens with one attached hydrogen (secondary N) is 1. The molecule has 4 rings (SSSR count). The molecule has 0 unspecified atom stereocenters. The van der Waals surface area contributed by atoms with Gasteiger partial charge in [0.2, 0.25) is 5.91 Å². The smallest absolute Gasteiger partial charge is 0.238 e. The molecule has 1 saturated heterocycles. The minimum atomic E-state index is -0.238. The number of anilines is 1. The van der Waals surface area contributed by atoms with Gasteiger partial charge in [0.1, 0.15) is 11.6 Å². The highest BCUT2D eigenvalue weighted by molar-refractivity contribution is 5.92. The molecule has 0 bridgehead atoms. The SMILES string of the molecule is COc1ccc(NC(=O)CN2CCC[C@@H]2c2cccc(Cc3cccc(F)c3)n2)cc1. The highest BCUT2D eigenvalue weighted by Gasteiger charge is 2.28. The molecule has 1 atom stereocenters. The third-order valence-electron chi connectivity index (χ3n) is 5.53. The van der Waals surface area contributed by atoms with Gasteiger partial charge in [-0.2, -0.15) is 0 Å². The van der Waals surface area contributed by atoms with Crippen molar-refractivity contribution in [3.63, 3.8) is 0 Å². The second-order valence-corrected chi connectivity index (χ2v) is 7.77. The number of likely N-dealkylation sites (tertiary alicyclic amines) is 1. The van der Waals surface area contributed by atoms with Crippen LogP contribution >= 0.6 is 0 Å². The van der Waals surface area contributed by atoms with Crippen molar-refractivity contribution in [1.82, 2.24) is 9.88 Å². The predicted octanol–water partition coefficient (Wildman–Crippen LogP) is 4.60. The average molecular weight is 420 g/mol. The molecule has 2 aromatic carbocycles. The van der Waals surface area contributed by atoms with Crippen molar-refractivity contribution < 1.29 is 13.9 Å². The van der Waals surface area contributed by atoms with Crippen molar-refractivity contribution in [1.29, 1.82) is 0 Å². The molecule has 160 valence electrons. The summed E-state index contributed by atoms with van der Waals surface area (Å²) in [4.78, 5) is 19.6. The van der Waals surface area contributed by atoms with Crippen LogP contribution in [0.5, 0.6) is 5.75 Å². The second-order valence-electron chi connectivity index (χ2n) is 7.77. The Balaban J connectivity index is 1.41. The molecular weight excluding hydrogens is 393 g/mol. The Morgan fingerprint density at radius 3 is 2.74 bits per heavy atom. The summed E-state index contributed by atoms with van der Waals surface area (Å²) in [5.41, 5.74) is 3.50. The third kappa shape index (κ3) is 5.47. The molecule has 1 aliphatic rings. The summed E-state index contributed by atoms with van der Waals surface area (Å²) in [5, 5.41) is 2.95. The molecule has 1 amide bonds. The Morgan fingerprint density at radius 2 is 1.97 bits per heavy atom. The van der Waals surface area contributed by atoms with Crippen molar-refractivity contribution in [3.05, 3.63) is 89.5 Å². The van der Waals surface area contributed by atoms with E-state index in [0.29, 0.717) is 13.0 Å². The van der Waals surface area contributed by atoms with Crippen LogP contribution in [-0.2, 0) is 11.2 Å². The first-order valence-electron chi connectivity index (χ1n) is 10.5. The molecule has 0 aliphatic carbocycles. The lowest BCUT2D eigenvalue weighted by molar-refractivity contribution is -0.117. The molecular formula is C25H26FN3O2. The van der Waals surface area contributed by atoms with Crippen LogP contribution in [-0.4, -0.2) is 36.0 Å². The number of ether oxygens (including phenoxy) is 1. The number of methoxy groups -OCH3 is 1. The first kappa shape index (κ1) is 21.0. The number of hydrogen-bond donors (Lipinski definition) is 1. The van der Waals surface area contributed by atoms with E-state index in [2.05, 4.69) is 10.2 Å². The zero-order chi connectivity index (χ0) is 21.6. The lowest BCUT2D eigenvalue weighted by atomic mass is 10.1. The van der Waals surface area contributed by atoms with Gasteiger partial charge in [-0.25, -0.2) is 4.39 Å². The van der Waals surface area contributed by atoms with Crippen LogP contribution in [0, 0.1) is 5.82 Å². The number of amides is 1. The van der Waals surface area contributed by atoms with Crippen molar-refractivity contribution >= 4 is 11.6 Å². The Kier molecular flexibility index (Phi) is 6.57. The molecule has 1 N–H and O–H groups in total. The van der Waals surface area contributed by atoms with E-state index in [9.17, 15) is 9.18 Å². The largest absolute Gasteiger partial charge is 0.497 e. The molecule has 0 radical (unpaired) electrons. The van der Waals surface area contributed by atoms with Gasteiger partial charge in [-0.3, -0.25) is 14.7 Å². The summed E-state index contributed by atoms with van der Waals surface area (Å²) in [6.45, 7) is 1.17. The van der Waals surface area contributed by atoms with E-state index in [1.54, 1.807) is 19.2 Å². The van der Waals surface area contributed by atoms with E-state index in [4.69, 9.17) is 9.72 Å². The van der Waals surface area contributed by atoms with Gasteiger partial charge in [0.25, 0.3) is 0 Å². The monoisotopic (exact) mass is 419 g/mol. The maximum absolute atomic E-state index is 13.5. The number of pyridine rings is 1. The van der Waals surface area contributed by atoms with Crippen molar-refractivity contribution in [2.75, 3.05) is 25.5 Å². The van der Waals surface area contributed by atoms with Gasteiger partial charge in [-0.1, -0.05) is 18.2 Å². The van der Waals surface area contributed by atoms with Crippen LogP contribution in [0.25, 0.3) is 0 Å². The van der Waals surface area contributed by atoms with Crippen LogP contribution in [0.1, 0.15) is 35.8 Å². The first-order chi connectivity index (χ1) is 15.1. The van der Waals surface area contributed by atoms with Crippen LogP contribution in [0.15, 0.2) is 66.7 Å². The van der Waals surface area contributed by atoms with Crippen LogP contribution in [0.2, 0.25) is 0 Å². The Labute approximate surface area is 181 Å². The number of benzene rings is 2. The molecule has 1 aromatic heterocycles. The molecule has 0 spiro atoms. The summed E-state index contributed by atoms with van der Waals surface area (Å²) < 4.78 is 18.6. The lowest BCUT2D eigenvalue weighted by Gasteiger charge is -2.24. The molecule has 6 heteroatoms. The molecule has 1 fully saturated rings. The molecule has 1 aliphatic heterocycles. The van der Waals surface area contributed by atoms with Crippen LogP contribution in [0.4, 0.5) is 10.1 Å². The molecule has 2 heterocycles. The van der Waals surface area contributed by atoms with Gasteiger partial charge in [0, 0.05) is 17.8 Å². The van der Waals surface area contributed by atoms with E-state index >= 15 is 0 Å². The second kappa shape index (κ2) is 9.71. The maximum atomic E-state index is 13.5. The average Bonchev–Trinajstić information content (AvgIpc) is 3.22. The van der Waals surface area contributed by atoms with Crippen molar-refractivity contribution in [2.24, 2.45) is 0 Å². The van der Waals surface area contributed by atoms with E-state index in [1.807, 2.05) is 48.5 Å². The van der Waals surface area contributed by atoms with E-state index in [-0.39, 0.29) is 17.8 Å². The summed E-state index contributed by atoms with van der Waals surface area (Å²) in [6.07, 6.45) is 2.57. The number of rotatable bonds is 7. The minimum Gasteiger partial charge on any atom is -0.497 e. The number of carbonyl (C=O) groups excluding carboxylic acids is 1. The highest BCUT2D eigenvalue weighted by atomic mass is 19.1. The molecule has 0 saturated carbocycles. The predicted molar refractivity (Wildman–Crippen MR) is 119 cm³/mol. The van der Waals surface area contributed by atoms with E-state index < -0.39 is 0 Å². The van der Waals surface area contributed by atoms with Gasteiger partial charge in [-0.15, -0.1) is 0 Å². The van der Waals surface area contributed by atoms with E-state index in [0.717, 1.165) is 47.8 Å². The fourth-order valence-corrected chi connectivity index (χ4v) is 4.05. The minimum absolute atomic E-state index is 0.0482. The Hall–Kier alpha value is -3.25. The number of hydrogen-bond acceptors (Lipinski definition) is 4. The lowest BCUT2D eigenvalue weighted by Crippen LogP contribution is -2.33. The standard InChI is InChI=1S/C25H26FN3O2/c1-31-22-12-10-20(11-13-22)28-25(30)17-29-14-4-9-24(29)23-8-3-7-21(27-23)16-18-5-2-6-19(26)15-18/h2-3,5-8,10-13,15,24H,4,9,14,16-17H2,1H3,(H,28,30)/t24-/m1/s1. The fraction of sp³-hybridized carbons (Fsp3) is 0.280. The summed E-state index contributed by atoms with van der Waals surface area (Å²) in [6, 6.07) is 20.0. The summed E-state index contributed by atoms with van der Waals surface area (Å²) in [5.74, 6) is 0.466. The number of halogens is 1. The zero-order valence-electron chi connectivity index (χ0n) is 17.6. The Morgan fingerprint density at radius 1 is 1.16 bits per heavy atom. The van der Waals surface area contributed by atoms with Crippen molar-refractivity contribution in [2.45, 2.75) is 25.3 Å². The number of aromatic nitrogens is 1. The van der Waals surface area contributed by atoms with E-state index in [1.165, 1.54) is 6.07 Å². The van der Waals surface area contributed by atoms with Crippen LogP contribution < -0.4 is 10.1 Å². The Bertz CT molecular complexity index is 1040. The quantitative estimate of drug-likeness (QED) is 0.608. The van der Waals surface area contributed by atoms with Gasteiger partial charge in [-0.05, 0) is 73.5 Å². The molecule has 3 aromatic rings. The van der Waals surface area contributed by atoms with Gasteiger partial charge < -0.3 is 10.1 Å². The number of carbonyl (C=O) groups is 1. The first-order valence-corrected chi connectivity index (χ1v) is 10.5. The highest BCUT2D eigenvalue weighted by Crippen LogP contribution is 2.31. The van der Waals surface area contributed by atoms with Gasteiger partial charge in [0.15, 0.2) is 0 Å². The third-order valence-corrected chi connectivity index (χ3v) is 5.53. The van der Waals surface area contributed by atoms with Gasteiger partial charge >= 0.3 is 0 Å². The normalized spacial score (nSPS) is 16.3. The zero-order valence-corrected chi connectivity index (χ0v) is 17.6. The maximum Gasteiger partial charge on any atom is 0.238 e. The number of nitrogens with zero attached hydrogens (tertiary/aromatic N) is 2. The topological polar surface area (TPSA) is 54.5 Å². The molecule has 31 heavy (non-hydrogen) atoms. The molecule has 5 nitrogen and oxygen atoms in total. The summed E-state index contributed by atoms with van der Waals surface area (Å²) in [7, 11) is 1.61. The summed E-state index contributed by atoms with van der Waals surface area (Å²) >= 11 is 0. The van der Waals surface area contributed by atoms with Gasteiger partial charge in [0.05, 0.1) is 25.4 Å². The van der Waals surface area contributed by atoms with Crippen LogP contribution in [0.3, 0.4) is 0 Å².